The minimum absolute atomic E-state index is 0.0163. The van der Waals surface area contributed by atoms with E-state index in [1.165, 1.54) is 24.6 Å². The SMILES string of the molecule is Cc1cc(C)nc(SCC(=O)NC(CN2CCCC2)c2ccccc2)n1. The molecule has 3 rings (SSSR count). The zero-order chi connectivity index (χ0) is 18.4. The van der Waals surface area contributed by atoms with Crippen molar-refractivity contribution in [2.45, 2.75) is 37.9 Å². The summed E-state index contributed by atoms with van der Waals surface area (Å²) < 4.78 is 0. The molecule has 2 heterocycles. The molecular formula is C20H26N4OS. The van der Waals surface area contributed by atoms with Crippen molar-refractivity contribution >= 4 is 17.7 Å². The molecule has 1 aliphatic rings. The summed E-state index contributed by atoms with van der Waals surface area (Å²) in [6.45, 7) is 6.98. The van der Waals surface area contributed by atoms with Crippen LogP contribution in [0.25, 0.3) is 0 Å². The molecule has 0 radical (unpaired) electrons. The number of aromatic nitrogens is 2. The molecular weight excluding hydrogens is 344 g/mol. The van der Waals surface area contributed by atoms with Gasteiger partial charge >= 0.3 is 0 Å². The first-order chi connectivity index (χ1) is 12.6. The molecule has 1 N–H and O–H groups in total. The molecule has 0 aliphatic carbocycles. The highest BCUT2D eigenvalue weighted by atomic mass is 32.2. The lowest BCUT2D eigenvalue weighted by molar-refractivity contribution is -0.119. The maximum absolute atomic E-state index is 12.5. The molecule has 0 spiro atoms. The summed E-state index contributed by atoms with van der Waals surface area (Å²) >= 11 is 1.39. The highest BCUT2D eigenvalue weighted by Gasteiger charge is 2.20. The van der Waals surface area contributed by atoms with Gasteiger partial charge < -0.3 is 10.2 Å². The largest absolute Gasteiger partial charge is 0.347 e. The number of carbonyl (C=O) groups is 1. The molecule has 1 atom stereocenters. The Morgan fingerprint density at radius 1 is 1.15 bits per heavy atom. The fraction of sp³-hybridized carbons (Fsp3) is 0.450. The van der Waals surface area contributed by atoms with Gasteiger partial charge in [0.25, 0.3) is 0 Å². The van der Waals surface area contributed by atoms with Gasteiger partial charge in [-0.15, -0.1) is 0 Å². The number of benzene rings is 1. The van der Waals surface area contributed by atoms with Crippen molar-refractivity contribution in [3.63, 3.8) is 0 Å². The number of aryl methyl sites for hydroxylation is 2. The number of nitrogens with one attached hydrogen (secondary N) is 1. The van der Waals surface area contributed by atoms with Crippen LogP contribution in [0.4, 0.5) is 0 Å². The monoisotopic (exact) mass is 370 g/mol. The van der Waals surface area contributed by atoms with Gasteiger partial charge in [0.1, 0.15) is 0 Å². The summed E-state index contributed by atoms with van der Waals surface area (Å²) in [5.74, 6) is 0.345. The van der Waals surface area contributed by atoms with Crippen molar-refractivity contribution in [2.75, 3.05) is 25.4 Å². The molecule has 1 saturated heterocycles. The molecule has 5 nitrogen and oxygen atoms in total. The summed E-state index contributed by atoms with van der Waals surface area (Å²) in [5, 5.41) is 3.86. The van der Waals surface area contributed by atoms with Crippen molar-refractivity contribution < 1.29 is 4.79 Å². The molecule has 0 bridgehead atoms. The van der Waals surface area contributed by atoms with Gasteiger partial charge in [0.15, 0.2) is 5.16 Å². The van der Waals surface area contributed by atoms with Crippen LogP contribution in [0, 0.1) is 13.8 Å². The number of nitrogens with zero attached hydrogens (tertiary/aromatic N) is 3. The molecule has 0 saturated carbocycles. The van der Waals surface area contributed by atoms with Gasteiger partial charge in [0.2, 0.25) is 5.91 Å². The fourth-order valence-electron chi connectivity index (χ4n) is 3.27. The van der Waals surface area contributed by atoms with E-state index in [9.17, 15) is 4.79 Å². The molecule has 1 fully saturated rings. The van der Waals surface area contributed by atoms with Crippen molar-refractivity contribution in [1.29, 1.82) is 0 Å². The first-order valence-corrected chi connectivity index (χ1v) is 10.1. The number of hydrogen-bond acceptors (Lipinski definition) is 5. The van der Waals surface area contributed by atoms with E-state index in [1.807, 2.05) is 38.1 Å². The normalized spacial score (nSPS) is 15.8. The zero-order valence-corrected chi connectivity index (χ0v) is 16.3. The predicted molar refractivity (Wildman–Crippen MR) is 105 cm³/mol. The predicted octanol–water partition coefficient (Wildman–Crippen LogP) is 3.14. The van der Waals surface area contributed by atoms with Gasteiger partial charge in [0, 0.05) is 17.9 Å². The maximum atomic E-state index is 12.5. The summed E-state index contributed by atoms with van der Waals surface area (Å²) in [4.78, 5) is 23.7. The Labute approximate surface area is 159 Å². The quantitative estimate of drug-likeness (QED) is 0.599. The second-order valence-electron chi connectivity index (χ2n) is 6.76. The average molecular weight is 371 g/mol. The van der Waals surface area contributed by atoms with E-state index in [2.05, 4.69) is 32.3 Å². The van der Waals surface area contributed by atoms with Crippen molar-refractivity contribution in [3.8, 4) is 0 Å². The Bertz CT molecular complexity index is 712. The first kappa shape index (κ1) is 18.9. The van der Waals surface area contributed by atoms with Crippen molar-refractivity contribution in [2.24, 2.45) is 0 Å². The van der Waals surface area contributed by atoms with E-state index in [0.717, 1.165) is 36.6 Å². The summed E-state index contributed by atoms with van der Waals surface area (Å²) in [6, 6.07) is 12.2. The molecule has 1 amide bonds. The van der Waals surface area contributed by atoms with E-state index >= 15 is 0 Å². The van der Waals surface area contributed by atoms with E-state index < -0.39 is 0 Å². The number of hydrogen-bond donors (Lipinski definition) is 1. The Kier molecular flexibility index (Phi) is 6.63. The third-order valence-electron chi connectivity index (χ3n) is 4.47. The minimum atomic E-state index is 0.0163. The lowest BCUT2D eigenvalue weighted by atomic mass is 10.1. The van der Waals surface area contributed by atoms with Crippen LogP contribution in [-0.4, -0.2) is 46.2 Å². The van der Waals surface area contributed by atoms with Crippen LogP contribution < -0.4 is 5.32 Å². The van der Waals surface area contributed by atoms with Gasteiger partial charge in [0.05, 0.1) is 11.8 Å². The van der Waals surface area contributed by atoms with Gasteiger partial charge in [-0.3, -0.25) is 4.79 Å². The number of carbonyl (C=O) groups excluding carboxylic acids is 1. The molecule has 1 aromatic carbocycles. The number of rotatable bonds is 7. The zero-order valence-electron chi connectivity index (χ0n) is 15.4. The molecule has 6 heteroatoms. The second-order valence-corrected chi connectivity index (χ2v) is 7.70. The summed E-state index contributed by atoms with van der Waals surface area (Å²) in [6.07, 6.45) is 2.49. The number of likely N-dealkylation sites (tertiary alicyclic amines) is 1. The Morgan fingerprint density at radius 3 is 2.46 bits per heavy atom. The van der Waals surface area contributed by atoms with Gasteiger partial charge in [-0.05, 0) is 51.4 Å². The van der Waals surface area contributed by atoms with Crippen LogP contribution in [-0.2, 0) is 4.79 Å². The van der Waals surface area contributed by atoms with Crippen LogP contribution in [0.15, 0.2) is 41.6 Å². The molecule has 26 heavy (non-hydrogen) atoms. The highest BCUT2D eigenvalue weighted by Crippen LogP contribution is 2.19. The fourth-order valence-corrected chi connectivity index (χ4v) is 4.03. The third kappa shape index (κ3) is 5.54. The van der Waals surface area contributed by atoms with Crippen LogP contribution >= 0.6 is 11.8 Å². The van der Waals surface area contributed by atoms with E-state index in [4.69, 9.17) is 0 Å². The second kappa shape index (κ2) is 9.14. The topological polar surface area (TPSA) is 58.1 Å². The van der Waals surface area contributed by atoms with Gasteiger partial charge in [-0.2, -0.15) is 0 Å². The van der Waals surface area contributed by atoms with Gasteiger partial charge in [-0.25, -0.2) is 9.97 Å². The van der Waals surface area contributed by atoms with Gasteiger partial charge in [-0.1, -0.05) is 42.1 Å². The van der Waals surface area contributed by atoms with Crippen molar-refractivity contribution in [1.82, 2.24) is 20.2 Å². The van der Waals surface area contributed by atoms with Crippen LogP contribution in [0.3, 0.4) is 0 Å². The maximum Gasteiger partial charge on any atom is 0.231 e. The standard InChI is InChI=1S/C20H26N4OS/c1-15-12-16(2)22-20(21-15)26-14-19(25)23-18(13-24-10-6-7-11-24)17-8-4-3-5-9-17/h3-5,8-9,12,18H,6-7,10-11,13-14H2,1-2H3,(H,23,25). The van der Waals surface area contributed by atoms with Crippen LogP contribution in [0.5, 0.6) is 0 Å². The van der Waals surface area contributed by atoms with E-state index in [0.29, 0.717) is 10.9 Å². The number of thioether (sulfide) groups is 1. The minimum Gasteiger partial charge on any atom is -0.347 e. The third-order valence-corrected chi connectivity index (χ3v) is 5.32. The number of amides is 1. The lowest BCUT2D eigenvalue weighted by Crippen LogP contribution is -2.37. The summed E-state index contributed by atoms with van der Waals surface area (Å²) in [7, 11) is 0. The Morgan fingerprint density at radius 2 is 1.81 bits per heavy atom. The van der Waals surface area contributed by atoms with Crippen LogP contribution in [0.1, 0.15) is 35.8 Å². The highest BCUT2D eigenvalue weighted by molar-refractivity contribution is 7.99. The Hall–Kier alpha value is -1.92. The lowest BCUT2D eigenvalue weighted by Gasteiger charge is -2.25. The summed E-state index contributed by atoms with van der Waals surface area (Å²) in [5.41, 5.74) is 3.01. The van der Waals surface area contributed by atoms with E-state index in [1.54, 1.807) is 0 Å². The van der Waals surface area contributed by atoms with E-state index in [-0.39, 0.29) is 11.9 Å². The molecule has 1 aromatic heterocycles. The molecule has 2 aromatic rings. The molecule has 138 valence electrons. The first-order valence-electron chi connectivity index (χ1n) is 9.12. The smallest absolute Gasteiger partial charge is 0.231 e. The molecule has 1 aliphatic heterocycles. The van der Waals surface area contributed by atoms with Crippen LogP contribution in [0.2, 0.25) is 0 Å². The average Bonchev–Trinajstić information content (AvgIpc) is 3.12. The van der Waals surface area contributed by atoms with Crippen molar-refractivity contribution in [3.05, 3.63) is 53.3 Å². The molecule has 1 unspecified atom stereocenters. The Balaban J connectivity index is 1.60.